The lowest BCUT2D eigenvalue weighted by Gasteiger charge is -2.32. The van der Waals surface area contributed by atoms with Crippen LogP contribution in [0.25, 0.3) is 12.2 Å². The van der Waals surface area contributed by atoms with E-state index in [1.165, 1.54) is 22.3 Å². The summed E-state index contributed by atoms with van der Waals surface area (Å²) < 4.78 is 30.7. The van der Waals surface area contributed by atoms with Crippen LogP contribution in [0.15, 0.2) is 51.7 Å². The van der Waals surface area contributed by atoms with Crippen molar-refractivity contribution in [3.8, 4) is 0 Å². The van der Waals surface area contributed by atoms with E-state index in [9.17, 15) is 23.2 Å². The number of thiazole rings is 1. The fraction of sp³-hybridized carbons (Fsp3) is 0.367. The minimum atomic E-state index is -0.833. The Morgan fingerprint density at radius 1 is 1.08 bits per heavy atom. The van der Waals surface area contributed by atoms with Gasteiger partial charge in [0.05, 0.1) is 9.01 Å². The van der Waals surface area contributed by atoms with E-state index in [0.717, 1.165) is 42.7 Å². The van der Waals surface area contributed by atoms with Gasteiger partial charge in [-0.05, 0) is 64.9 Å². The Labute approximate surface area is 238 Å². The molecule has 0 spiro atoms. The number of hydrogen-bond acceptors (Lipinski definition) is 4. The number of amides is 1. The number of benzene rings is 2. The first-order chi connectivity index (χ1) is 18.4. The highest BCUT2D eigenvalue weighted by atomic mass is 79.9. The topological polar surface area (TPSA) is 59.4 Å². The maximum Gasteiger partial charge on any atom is 0.269 e. The summed E-state index contributed by atoms with van der Waals surface area (Å²) in [7, 11) is 0. The number of halogens is 3. The first-order valence-electron chi connectivity index (χ1n) is 12.9. The molecule has 0 unspecified atom stereocenters. The van der Waals surface area contributed by atoms with Gasteiger partial charge in [-0.1, -0.05) is 51.1 Å². The summed E-state index contributed by atoms with van der Waals surface area (Å²) in [5.74, 6) is -1.62. The molecule has 0 saturated carbocycles. The fourth-order valence-corrected chi connectivity index (χ4v) is 5.87. The summed E-state index contributed by atoms with van der Waals surface area (Å²) in [5, 5.41) is 0. The molecule has 1 amide bonds. The van der Waals surface area contributed by atoms with E-state index in [1.54, 1.807) is 25.7 Å². The molecular formula is C30H31BrF2N2O3S. The van der Waals surface area contributed by atoms with Crippen molar-refractivity contribution in [1.82, 2.24) is 9.47 Å². The van der Waals surface area contributed by atoms with Gasteiger partial charge in [0.25, 0.3) is 5.56 Å². The van der Waals surface area contributed by atoms with Gasteiger partial charge in [0.2, 0.25) is 5.91 Å². The van der Waals surface area contributed by atoms with Crippen LogP contribution in [0.4, 0.5) is 8.78 Å². The largest absolute Gasteiger partial charge is 0.341 e. The lowest BCUT2D eigenvalue weighted by Crippen LogP contribution is -2.44. The number of carbonyl (C=O) groups excluding carboxylic acids is 2. The number of likely N-dealkylation sites (tertiary alicyclic amines) is 1. The highest BCUT2D eigenvalue weighted by molar-refractivity contribution is 9.10. The zero-order valence-electron chi connectivity index (χ0n) is 22.2. The van der Waals surface area contributed by atoms with Gasteiger partial charge in [0.15, 0.2) is 5.78 Å². The van der Waals surface area contributed by atoms with Crippen LogP contribution in [0.5, 0.6) is 0 Å². The number of ketones is 1. The van der Waals surface area contributed by atoms with Crippen LogP contribution in [-0.2, 0) is 22.6 Å². The molecule has 0 atom stereocenters. The summed E-state index contributed by atoms with van der Waals surface area (Å²) in [4.78, 5) is 41.2. The Bertz CT molecular complexity index is 1550. The van der Waals surface area contributed by atoms with Crippen LogP contribution in [-0.4, -0.2) is 34.2 Å². The van der Waals surface area contributed by atoms with Gasteiger partial charge in [-0.2, -0.15) is 0 Å². The van der Waals surface area contributed by atoms with Gasteiger partial charge in [0, 0.05) is 30.1 Å². The third-order valence-electron chi connectivity index (χ3n) is 6.91. The summed E-state index contributed by atoms with van der Waals surface area (Å²) in [6, 6.07) is 12.6. The van der Waals surface area contributed by atoms with E-state index < -0.39 is 22.6 Å². The molecule has 1 aromatic heterocycles. The number of Topliss-reactive ketones (excluding diaryl/α,β-unsaturated/α-hetero) is 1. The molecule has 0 bridgehead atoms. The monoisotopic (exact) mass is 616 g/mol. The molecule has 2 heterocycles. The number of nitrogens with zero attached hydrogens (tertiary/aromatic N) is 2. The smallest absolute Gasteiger partial charge is 0.269 e. The summed E-state index contributed by atoms with van der Waals surface area (Å²) >= 11 is 3.98. The minimum absolute atomic E-state index is 0.0354. The molecule has 0 aliphatic carbocycles. The normalized spacial score (nSPS) is 15.7. The number of hydrogen-bond donors (Lipinski definition) is 0. The molecule has 1 aliphatic heterocycles. The SMILES string of the molecule is CC(C)(C)C(=O)/C=c1/s/c(=C\c2c(F)ccc(Br)c2F)c(=O)n1CC(=O)N1CCC(Cc2ccccc2)CC1. The molecule has 2 aromatic carbocycles. The van der Waals surface area contributed by atoms with Crippen molar-refractivity contribution in [2.24, 2.45) is 11.3 Å². The van der Waals surface area contributed by atoms with E-state index in [0.29, 0.717) is 19.0 Å². The highest BCUT2D eigenvalue weighted by Crippen LogP contribution is 2.23. The molecular weight excluding hydrogens is 586 g/mol. The van der Waals surface area contributed by atoms with Gasteiger partial charge in [-0.3, -0.25) is 19.0 Å². The first-order valence-corrected chi connectivity index (χ1v) is 14.5. The molecule has 3 aromatic rings. The summed E-state index contributed by atoms with van der Waals surface area (Å²) in [6.45, 7) is 6.19. The van der Waals surface area contributed by atoms with Crippen LogP contribution in [0.1, 0.15) is 44.7 Å². The van der Waals surface area contributed by atoms with Crippen molar-refractivity contribution >= 4 is 51.1 Å². The zero-order valence-corrected chi connectivity index (χ0v) is 24.6. The highest BCUT2D eigenvalue weighted by Gasteiger charge is 2.25. The predicted molar refractivity (Wildman–Crippen MR) is 154 cm³/mol. The Kier molecular flexibility index (Phi) is 9.01. The van der Waals surface area contributed by atoms with Gasteiger partial charge in [-0.15, -0.1) is 11.3 Å². The quantitative estimate of drug-likeness (QED) is 0.379. The Morgan fingerprint density at radius 3 is 2.38 bits per heavy atom. The molecule has 206 valence electrons. The van der Waals surface area contributed by atoms with Crippen molar-refractivity contribution < 1.29 is 18.4 Å². The number of piperidine rings is 1. The van der Waals surface area contributed by atoms with Crippen molar-refractivity contribution in [2.45, 2.75) is 46.6 Å². The van der Waals surface area contributed by atoms with Crippen molar-refractivity contribution in [3.05, 3.63) is 89.2 Å². The molecule has 1 fully saturated rings. The van der Waals surface area contributed by atoms with E-state index in [1.807, 2.05) is 18.2 Å². The third kappa shape index (κ3) is 7.00. The zero-order chi connectivity index (χ0) is 28.3. The van der Waals surface area contributed by atoms with Crippen LogP contribution >= 0.6 is 27.3 Å². The lowest BCUT2D eigenvalue weighted by atomic mass is 9.90. The Morgan fingerprint density at radius 2 is 1.74 bits per heavy atom. The van der Waals surface area contributed by atoms with Crippen molar-refractivity contribution in [3.63, 3.8) is 0 Å². The van der Waals surface area contributed by atoms with Gasteiger partial charge in [-0.25, -0.2) is 8.78 Å². The van der Waals surface area contributed by atoms with Crippen LogP contribution in [0, 0.1) is 23.0 Å². The molecule has 5 nitrogen and oxygen atoms in total. The van der Waals surface area contributed by atoms with Crippen molar-refractivity contribution in [1.29, 1.82) is 0 Å². The summed E-state index contributed by atoms with van der Waals surface area (Å²) in [5.41, 5.74) is -0.366. The van der Waals surface area contributed by atoms with Gasteiger partial charge < -0.3 is 4.90 Å². The van der Waals surface area contributed by atoms with Crippen LogP contribution in [0.3, 0.4) is 0 Å². The molecule has 0 radical (unpaired) electrons. The van der Waals surface area contributed by atoms with E-state index in [-0.39, 0.29) is 37.5 Å². The average molecular weight is 618 g/mol. The molecule has 0 N–H and O–H groups in total. The van der Waals surface area contributed by atoms with Crippen LogP contribution in [0.2, 0.25) is 0 Å². The van der Waals surface area contributed by atoms with Crippen molar-refractivity contribution in [2.75, 3.05) is 13.1 Å². The number of carbonyl (C=O) groups is 2. The van der Waals surface area contributed by atoms with E-state index >= 15 is 0 Å². The molecule has 1 saturated heterocycles. The Balaban J connectivity index is 1.62. The second kappa shape index (κ2) is 12.1. The molecule has 1 aliphatic rings. The fourth-order valence-electron chi connectivity index (χ4n) is 4.50. The number of aromatic nitrogens is 1. The van der Waals surface area contributed by atoms with E-state index in [4.69, 9.17) is 0 Å². The lowest BCUT2D eigenvalue weighted by molar-refractivity contribution is -0.133. The second-order valence-electron chi connectivity index (χ2n) is 10.9. The third-order valence-corrected chi connectivity index (χ3v) is 8.59. The second-order valence-corrected chi connectivity index (χ2v) is 12.8. The first kappa shape index (κ1) is 29.1. The maximum absolute atomic E-state index is 14.6. The summed E-state index contributed by atoms with van der Waals surface area (Å²) in [6.07, 6.45) is 5.17. The van der Waals surface area contributed by atoms with Gasteiger partial charge >= 0.3 is 0 Å². The van der Waals surface area contributed by atoms with Gasteiger partial charge in [0.1, 0.15) is 22.8 Å². The number of rotatable bonds is 6. The molecule has 39 heavy (non-hydrogen) atoms. The maximum atomic E-state index is 14.6. The minimum Gasteiger partial charge on any atom is -0.341 e. The molecule has 4 rings (SSSR count). The molecule has 9 heteroatoms. The Hall–Kier alpha value is -2.91. The predicted octanol–water partition coefficient (Wildman–Crippen LogP) is 4.66. The average Bonchev–Trinajstić information content (AvgIpc) is 3.18. The van der Waals surface area contributed by atoms with E-state index in [2.05, 4.69) is 28.1 Å². The van der Waals surface area contributed by atoms with Crippen LogP contribution < -0.4 is 14.8 Å². The standard InChI is InChI=1S/C30H31BrF2N2O3S/c1-30(2,3)25(36)17-27-35(29(38)24(39-27)16-21-23(32)10-9-22(31)28(21)33)18-26(37)34-13-11-20(12-14-34)15-19-7-5-4-6-8-19/h4-10,16-17,20H,11-15,18H2,1-3H3/b24-16-,27-17+.